The maximum atomic E-state index is 12.4. The number of hydrogen-bond acceptors (Lipinski definition) is 3. The molecule has 2 fully saturated rings. The van der Waals surface area contributed by atoms with Crippen molar-refractivity contribution in [2.75, 3.05) is 26.2 Å². The van der Waals surface area contributed by atoms with Gasteiger partial charge in [0.1, 0.15) is 0 Å². The molecule has 1 aliphatic carbocycles. The van der Waals surface area contributed by atoms with Crippen LogP contribution in [0.15, 0.2) is 30.3 Å². The first-order valence-corrected chi connectivity index (χ1v) is 7.99. The Labute approximate surface area is 135 Å². The molecule has 1 heterocycles. The predicted octanol–water partition coefficient (Wildman–Crippen LogP) is 0.240. The minimum absolute atomic E-state index is 0.0428. The van der Waals surface area contributed by atoms with Crippen molar-refractivity contribution < 1.29 is 14.4 Å². The van der Waals surface area contributed by atoms with E-state index in [1.807, 2.05) is 30.3 Å². The second-order valence-electron chi connectivity index (χ2n) is 6.12. The van der Waals surface area contributed by atoms with Gasteiger partial charge in [0, 0.05) is 32.7 Å². The number of carbonyl (C=O) groups is 3. The van der Waals surface area contributed by atoms with Gasteiger partial charge < -0.3 is 15.1 Å². The van der Waals surface area contributed by atoms with Gasteiger partial charge in [0.15, 0.2) is 0 Å². The Morgan fingerprint density at radius 3 is 2.43 bits per heavy atom. The van der Waals surface area contributed by atoms with Crippen LogP contribution in [-0.4, -0.2) is 54.2 Å². The third-order valence-corrected chi connectivity index (χ3v) is 4.53. The summed E-state index contributed by atoms with van der Waals surface area (Å²) < 4.78 is 0. The third kappa shape index (κ3) is 3.70. The molecule has 2 unspecified atom stereocenters. The lowest BCUT2D eigenvalue weighted by Gasteiger charge is -2.32. The van der Waals surface area contributed by atoms with E-state index in [-0.39, 0.29) is 23.7 Å². The van der Waals surface area contributed by atoms with Crippen LogP contribution in [0.1, 0.15) is 12.0 Å². The van der Waals surface area contributed by atoms with Crippen molar-refractivity contribution in [2.45, 2.75) is 13.0 Å². The van der Waals surface area contributed by atoms with E-state index in [4.69, 9.17) is 0 Å². The summed E-state index contributed by atoms with van der Waals surface area (Å²) in [5.41, 5.74) is 1.05. The van der Waals surface area contributed by atoms with Gasteiger partial charge in [-0.05, 0) is 12.0 Å². The zero-order chi connectivity index (χ0) is 16.2. The van der Waals surface area contributed by atoms with E-state index in [0.29, 0.717) is 39.1 Å². The summed E-state index contributed by atoms with van der Waals surface area (Å²) >= 11 is 0. The SMILES string of the molecule is O=CN1CCN(C(=O)C2CC2C(=O)NCc2ccccc2)CC1. The van der Waals surface area contributed by atoms with Crippen molar-refractivity contribution in [3.63, 3.8) is 0 Å². The van der Waals surface area contributed by atoms with Crippen molar-refractivity contribution in [2.24, 2.45) is 11.8 Å². The molecule has 1 saturated heterocycles. The number of benzene rings is 1. The molecule has 0 radical (unpaired) electrons. The zero-order valence-electron chi connectivity index (χ0n) is 13.0. The van der Waals surface area contributed by atoms with Crippen molar-refractivity contribution in [1.29, 1.82) is 0 Å². The molecule has 122 valence electrons. The fourth-order valence-corrected chi connectivity index (χ4v) is 2.96. The zero-order valence-corrected chi connectivity index (χ0v) is 13.0. The molecule has 1 saturated carbocycles. The first kappa shape index (κ1) is 15.5. The van der Waals surface area contributed by atoms with E-state index in [0.717, 1.165) is 12.0 Å². The number of rotatable bonds is 5. The largest absolute Gasteiger partial charge is 0.352 e. The van der Waals surface area contributed by atoms with Gasteiger partial charge >= 0.3 is 0 Å². The molecule has 1 aliphatic heterocycles. The van der Waals surface area contributed by atoms with Gasteiger partial charge in [-0.15, -0.1) is 0 Å². The van der Waals surface area contributed by atoms with E-state index in [9.17, 15) is 14.4 Å². The number of hydrogen-bond donors (Lipinski definition) is 1. The van der Waals surface area contributed by atoms with Crippen LogP contribution < -0.4 is 5.32 Å². The molecular weight excluding hydrogens is 294 g/mol. The van der Waals surface area contributed by atoms with E-state index >= 15 is 0 Å². The van der Waals surface area contributed by atoms with E-state index in [1.54, 1.807) is 9.80 Å². The van der Waals surface area contributed by atoms with Gasteiger partial charge in [0.25, 0.3) is 0 Å². The molecular formula is C17H21N3O3. The normalized spacial score (nSPS) is 23.3. The van der Waals surface area contributed by atoms with Gasteiger partial charge in [-0.3, -0.25) is 14.4 Å². The minimum atomic E-state index is -0.199. The van der Waals surface area contributed by atoms with Gasteiger partial charge in [-0.2, -0.15) is 0 Å². The molecule has 6 nitrogen and oxygen atoms in total. The Morgan fingerprint density at radius 1 is 1.09 bits per heavy atom. The molecule has 0 bridgehead atoms. The van der Waals surface area contributed by atoms with Crippen LogP contribution in [0.3, 0.4) is 0 Å². The van der Waals surface area contributed by atoms with Gasteiger partial charge in [0.2, 0.25) is 18.2 Å². The molecule has 0 spiro atoms. The minimum Gasteiger partial charge on any atom is -0.352 e. The molecule has 1 N–H and O–H groups in total. The van der Waals surface area contributed by atoms with Gasteiger partial charge in [-0.1, -0.05) is 30.3 Å². The molecule has 3 amide bonds. The summed E-state index contributed by atoms with van der Waals surface area (Å²) in [5.74, 6) is -0.377. The fourth-order valence-electron chi connectivity index (χ4n) is 2.96. The molecule has 23 heavy (non-hydrogen) atoms. The Kier molecular flexibility index (Phi) is 4.60. The molecule has 1 aromatic carbocycles. The number of amides is 3. The lowest BCUT2D eigenvalue weighted by atomic mass is 10.2. The van der Waals surface area contributed by atoms with Gasteiger partial charge in [-0.25, -0.2) is 0 Å². The third-order valence-electron chi connectivity index (χ3n) is 4.53. The Hall–Kier alpha value is -2.37. The number of piperazine rings is 1. The molecule has 3 rings (SSSR count). The Bertz CT molecular complexity index is 582. The first-order chi connectivity index (χ1) is 11.2. The van der Waals surface area contributed by atoms with Crippen LogP contribution in [0.5, 0.6) is 0 Å². The van der Waals surface area contributed by atoms with E-state index in [1.165, 1.54) is 0 Å². The van der Waals surface area contributed by atoms with Crippen LogP contribution in [0.4, 0.5) is 0 Å². The molecule has 6 heteroatoms. The predicted molar refractivity (Wildman–Crippen MR) is 84.1 cm³/mol. The highest BCUT2D eigenvalue weighted by atomic mass is 16.2. The summed E-state index contributed by atoms with van der Waals surface area (Å²) in [5, 5.41) is 2.90. The lowest BCUT2D eigenvalue weighted by molar-refractivity contribution is -0.137. The summed E-state index contributed by atoms with van der Waals surface area (Å²) in [7, 11) is 0. The van der Waals surface area contributed by atoms with Crippen molar-refractivity contribution >= 4 is 18.2 Å². The van der Waals surface area contributed by atoms with Crippen LogP contribution in [0, 0.1) is 11.8 Å². The maximum absolute atomic E-state index is 12.4. The Balaban J connectivity index is 1.44. The monoisotopic (exact) mass is 315 g/mol. The molecule has 0 aromatic heterocycles. The second kappa shape index (κ2) is 6.81. The van der Waals surface area contributed by atoms with Gasteiger partial charge in [0.05, 0.1) is 11.8 Å². The first-order valence-electron chi connectivity index (χ1n) is 7.99. The van der Waals surface area contributed by atoms with Crippen LogP contribution in [0.2, 0.25) is 0 Å². The number of nitrogens with zero attached hydrogens (tertiary/aromatic N) is 2. The second-order valence-corrected chi connectivity index (χ2v) is 6.12. The fraction of sp³-hybridized carbons (Fsp3) is 0.471. The highest BCUT2D eigenvalue weighted by Crippen LogP contribution is 2.40. The molecule has 1 aromatic rings. The lowest BCUT2D eigenvalue weighted by Crippen LogP contribution is -2.48. The van der Waals surface area contributed by atoms with Crippen LogP contribution in [-0.2, 0) is 20.9 Å². The topological polar surface area (TPSA) is 69.7 Å². The average molecular weight is 315 g/mol. The van der Waals surface area contributed by atoms with Crippen molar-refractivity contribution in [3.8, 4) is 0 Å². The highest BCUT2D eigenvalue weighted by Gasteiger charge is 2.49. The average Bonchev–Trinajstić information content (AvgIpc) is 3.41. The smallest absolute Gasteiger partial charge is 0.226 e. The summed E-state index contributed by atoms with van der Waals surface area (Å²) in [4.78, 5) is 38.6. The van der Waals surface area contributed by atoms with E-state index in [2.05, 4.69) is 5.32 Å². The molecule has 2 atom stereocenters. The van der Waals surface area contributed by atoms with Crippen molar-refractivity contribution in [3.05, 3.63) is 35.9 Å². The molecule has 2 aliphatic rings. The van der Waals surface area contributed by atoms with Crippen LogP contribution in [0.25, 0.3) is 0 Å². The number of nitrogens with one attached hydrogen (secondary N) is 1. The quantitative estimate of drug-likeness (QED) is 0.791. The Morgan fingerprint density at radius 2 is 1.78 bits per heavy atom. The van der Waals surface area contributed by atoms with Crippen LogP contribution >= 0.6 is 0 Å². The summed E-state index contributed by atoms with van der Waals surface area (Å²) in [6, 6.07) is 9.73. The highest BCUT2D eigenvalue weighted by molar-refractivity contribution is 5.92. The van der Waals surface area contributed by atoms with Crippen molar-refractivity contribution in [1.82, 2.24) is 15.1 Å². The standard InChI is InChI=1S/C17H21N3O3/c21-12-19-6-8-20(9-7-19)17(23)15-10-14(15)16(22)18-11-13-4-2-1-3-5-13/h1-5,12,14-15H,6-11H2,(H,18,22). The van der Waals surface area contributed by atoms with E-state index < -0.39 is 0 Å². The maximum Gasteiger partial charge on any atom is 0.226 e. The summed E-state index contributed by atoms with van der Waals surface area (Å²) in [6.07, 6.45) is 1.45. The number of carbonyl (C=O) groups excluding carboxylic acids is 3. The summed E-state index contributed by atoms with van der Waals surface area (Å²) in [6.45, 7) is 2.77.